The largest absolute Gasteiger partial charge is 0.316 e. The van der Waals surface area contributed by atoms with Gasteiger partial charge in [-0.25, -0.2) is 0 Å². The normalized spacial score (nSPS) is 12.8. The SMILES string of the molecule is Cc1ccc(CC(CNCC(C)C)Cc2ccsc2)cc1. The molecular formula is C19H27NS. The lowest BCUT2D eigenvalue weighted by Gasteiger charge is -2.18. The average molecular weight is 301 g/mol. The Kier molecular flexibility index (Phi) is 6.47. The minimum atomic E-state index is 0.668. The lowest BCUT2D eigenvalue weighted by atomic mass is 9.93. The Balaban J connectivity index is 1.95. The van der Waals surface area contributed by atoms with Gasteiger partial charge in [-0.2, -0.15) is 11.3 Å². The zero-order valence-electron chi connectivity index (χ0n) is 13.4. The first-order valence-corrected chi connectivity index (χ1v) is 8.85. The highest BCUT2D eigenvalue weighted by atomic mass is 32.1. The van der Waals surface area contributed by atoms with Gasteiger partial charge in [0.1, 0.15) is 0 Å². The fourth-order valence-corrected chi connectivity index (χ4v) is 3.27. The third-order valence-electron chi connectivity index (χ3n) is 3.74. The molecule has 114 valence electrons. The second-order valence-corrected chi connectivity index (χ2v) is 7.22. The summed E-state index contributed by atoms with van der Waals surface area (Å²) < 4.78 is 0. The van der Waals surface area contributed by atoms with Crippen molar-refractivity contribution in [2.45, 2.75) is 33.6 Å². The summed E-state index contributed by atoms with van der Waals surface area (Å²) in [5, 5.41) is 8.10. The topological polar surface area (TPSA) is 12.0 Å². The first-order chi connectivity index (χ1) is 10.1. The van der Waals surface area contributed by atoms with E-state index >= 15 is 0 Å². The maximum absolute atomic E-state index is 3.63. The molecule has 0 saturated carbocycles. The number of aryl methyl sites for hydroxylation is 1. The van der Waals surface area contributed by atoms with Crippen molar-refractivity contribution in [2.24, 2.45) is 11.8 Å². The smallest absolute Gasteiger partial charge is 0.00140 e. The summed E-state index contributed by atoms with van der Waals surface area (Å²) in [5.41, 5.74) is 4.27. The number of nitrogens with one attached hydrogen (secondary N) is 1. The summed E-state index contributed by atoms with van der Waals surface area (Å²) in [4.78, 5) is 0. The van der Waals surface area contributed by atoms with Crippen LogP contribution in [0.1, 0.15) is 30.5 Å². The van der Waals surface area contributed by atoms with Gasteiger partial charge in [0.25, 0.3) is 0 Å². The van der Waals surface area contributed by atoms with Crippen LogP contribution in [0, 0.1) is 18.8 Å². The van der Waals surface area contributed by atoms with Crippen molar-refractivity contribution < 1.29 is 0 Å². The van der Waals surface area contributed by atoms with Crippen LogP contribution < -0.4 is 5.32 Å². The van der Waals surface area contributed by atoms with Crippen molar-refractivity contribution in [1.82, 2.24) is 5.32 Å². The van der Waals surface area contributed by atoms with E-state index < -0.39 is 0 Å². The van der Waals surface area contributed by atoms with Crippen molar-refractivity contribution in [3.63, 3.8) is 0 Å². The number of hydrogen-bond acceptors (Lipinski definition) is 2. The molecule has 1 atom stereocenters. The van der Waals surface area contributed by atoms with Gasteiger partial charge in [-0.1, -0.05) is 43.7 Å². The molecule has 0 aliphatic heterocycles. The number of benzene rings is 1. The first-order valence-electron chi connectivity index (χ1n) is 7.91. The monoisotopic (exact) mass is 301 g/mol. The van der Waals surface area contributed by atoms with Crippen LogP contribution in [0.2, 0.25) is 0 Å². The minimum Gasteiger partial charge on any atom is -0.316 e. The van der Waals surface area contributed by atoms with Crippen molar-refractivity contribution in [2.75, 3.05) is 13.1 Å². The molecule has 1 unspecified atom stereocenters. The maximum atomic E-state index is 3.63. The molecule has 0 aliphatic rings. The van der Waals surface area contributed by atoms with Crippen LogP contribution in [0.4, 0.5) is 0 Å². The predicted molar refractivity (Wildman–Crippen MR) is 94.1 cm³/mol. The molecular weight excluding hydrogens is 274 g/mol. The van der Waals surface area contributed by atoms with Crippen LogP contribution in [0.15, 0.2) is 41.1 Å². The van der Waals surface area contributed by atoms with E-state index in [1.165, 1.54) is 23.1 Å². The molecule has 0 radical (unpaired) electrons. The van der Waals surface area contributed by atoms with Crippen molar-refractivity contribution >= 4 is 11.3 Å². The minimum absolute atomic E-state index is 0.668. The highest BCUT2D eigenvalue weighted by molar-refractivity contribution is 7.07. The molecule has 1 heterocycles. The maximum Gasteiger partial charge on any atom is -0.00140 e. The summed E-state index contributed by atoms with van der Waals surface area (Å²) in [5.74, 6) is 1.38. The molecule has 2 aromatic rings. The van der Waals surface area contributed by atoms with E-state index in [9.17, 15) is 0 Å². The lowest BCUT2D eigenvalue weighted by Crippen LogP contribution is -2.28. The van der Waals surface area contributed by atoms with Crippen LogP contribution in [0.3, 0.4) is 0 Å². The van der Waals surface area contributed by atoms with E-state index in [-0.39, 0.29) is 0 Å². The van der Waals surface area contributed by atoms with Gasteiger partial charge in [-0.05, 0) is 72.6 Å². The van der Waals surface area contributed by atoms with Gasteiger partial charge in [-0.3, -0.25) is 0 Å². The van der Waals surface area contributed by atoms with E-state index in [0.717, 1.165) is 19.5 Å². The molecule has 0 spiro atoms. The molecule has 1 nitrogen and oxygen atoms in total. The van der Waals surface area contributed by atoms with E-state index in [0.29, 0.717) is 11.8 Å². The van der Waals surface area contributed by atoms with Gasteiger partial charge >= 0.3 is 0 Å². The Morgan fingerprint density at radius 2 is 1.67 bits per heavy atom. The zero-order chi connectivity index (χ0) is 15.1. The van der Waals surface area contributed by atoms with Crippen molar-refractivity contribution in [3.8, 4) is 0 Å². The molecule has 0 bridgehead atoms. The molecule has 1 aromatic heterocycles. The third kappa shape index (κ3) is 6.03. The molecule has 0 saturated heterocycles. The summed E-state index contributed by atoms with van der Waals surface area (Å²) in [6.07, 6.45) is 2.32. The molecule has 0 amide bonds. The summed E-state index contributed by atoms with van der Waals surface area (Å²) in [6.45, 7) is 8.88. The Labute approximate surface area is 133 Å². The zero-order valence-corrected chi connectivity index (χ0v) is 14.2. The van der Waals surface area contributed by atoms with Gasteiger partial charge in [0.2, 0.25) is 0 Å². The van der Waals surface area contributed by atoms with Crippen LogP contribution >= 0.6 is 11.3 Å². The van der Waals surface area contributed by atoms with Crippen LogP contribution in [-0.2, 0) is 12.8 Å². The Bertz CT molecular complexity index is 499. The lowest BCUT2D eigenvalue weighted by molar-refractivity contribution is 0.445. The van der Waals surface area contributed by atoms with E-state index in [4.69, 9.17) is 0 Å². The molecule has 21 heavy (non-hydrogen) atoms. The van der Waals surface area contributed by atoms with Gasteiger partial charge < -0.3 is 5.32 Å². The second-order valence-electron chi connectivity index (χ2n) is 6.44. The Morgan fingerprint density at radius 1 is 0.952 bits per heavy atom. The second kappa shape index (κ2) is 8.35. The van der Waals surface area contributed by atoms with E-state index in [2.05, 4.69) is 67.2 Å². The number of thiophene rings is 1. The molecule has 2 rings (SSSR count). The number of rotatable bonds is 8. The standard InChI is InChI=1S/C19H27NS/c1-15(2)12-20-13-19(11-18-8-9-21-14-18)10-17-6-4-16(3)5-7-17/h4-9,14-15,19-20H,10-13H2,1-3H3. The van der Waals surface area contributed by atoms with Gasteiger partial charge in [0, 0.05) is 0 Å². The fraction of sp³-hybridized carbons (Fsp3) is 0.474. The molecule has 1 N–H and O–H groups in total. The van der Waals surface area contributed by atoms with E-state index in [1.807, 2.05) is 0 Å². The summed E-state index contributed by atoms with van der Waals surface area (Å²) in [7, 11) is 0. The average Bonchev–Trinajstić information content (AvgIpc) is 2.94. The molecule has 1 aromatic carbocycles. The first kappa shape index (κ1) is 16.3. The third-order valence-corrected chi connectivity index (χ3v) is 4.47. The molecule has 0 fully saturated rings. The van der Waals surface area contributed by atoms with Crippen LogP contribution in [-0.4, -0.2) is 13.1 Å². The Hall–Kier alpha value is -1.12. The summed E-state index contributed by atoms with van der Waals surface area (Å²) >= 11 is 1.80. The quantitative estimate of drug-likeness (QED) is 0.745. The Morgan fingerprint density at radius 3 is 2.29 bits per heavy atom. The molecule has 2 heteroatoms. The van der Waals surface area contributed by atoms with Gasteiger partial charge in [-0.15, -0.1) is 0 Å². The van der Waals surface area contributed by atoms with Gasteiger partial charge in [0.15, 0.2) is 0 Å². The highest BCUT2D eigenvalue weighted by Crippen LogP contribution is 2.17. The molecule has 0 aliphatic carbocycles. The highest BCUT2D eigenvalue weighted by Gasteiger charge is 2.11. The van der Waals surface area contributed by atoms with Crippen LogP contribution in [0.25, 0.3) is 0 Å². The van der Waals surface area contributed by atoms with Crippen LogP contribution in [0.5, 0.6) is 0 Å². The number of hydrogen-bond donors (Lipinski definition) is 1. The summed E-state index contributed by atoms with van der Waals surface area (Å²) in [6, 6.07) is 11.3. The van der Waals surface area contributed by atoms with Crippen molar-refractivity contribution in [3.05, 3.63) is 57.8 Å². The van der Waals surface area contributed by atoms with Gasteiger partial charge in [0.05, 0.1) is 0 Å². The fourth-order valence-electron chi connectivity index (χ4n) is 2.59. The van der Waals surface area contributed by atoms with E-state index in [1.54, 1.807) is 11.3 Å². The van der Waals surface area contributed by atoms with Crippen molar-refractivity contribution in [1.29, 1.82) is 0 Å². The predicted octanol–water partition coefficient (Wildman–Crippen LogP) is 4.70.